The van der Waals surface area contributed by atoms with Crippen LogP contribution in [0.4, 0.5) is 0 Å². The molecule has 2 atom stereocenters. The number of hydrogen-bond acceptors (Lipinski definition) is 3. The van der Waals surface area contributed by atoms with Crippen LogP contribution in [0.25, 0.3) is 0 Å². The van der Waals surface area contributed by atoms with Crippen molar-refractivity contribution in [2.24, 2.45) is 11.2 Å². The van der Waals surface area contributed by atoms with Crippen LogP contribution in [0.15, 0.2) is 34.9 Å². The van der Waals surface area contributed by atoms with Crippen molar-refractivity contribution < 1.29 is 0 Å². The minimum atomic E-state index is 0.0969. The Balaban J connectivity index is 2.02. The number of nitroso groups, excluding NO2 is 1. The lowest BCUT2D eigenvalue weighted by molar-refractivity contribution is 0.122. The number of hydrogen-bond donors (Lipinski definition) is 0. The lowest BCUT2D eigenvalue weighted by Gasteiger charge is -2.40. The summed E-state index contributed by atoms with van der Waals surface area (Å²) in [6.45, 7) is 5.67. The number of fused-ring (bicyclic) bond motifs is 4. The van der Waals surface area contributed by atoms with E-state index in [2.05, 4.69) is 11.9 Å². The summed E-state index contributed by atoms with van der Waals surface area (Å²) in [7, 11) is 0. The SMILES string of the molecule is C=CCc1ccc2n(c1=O)C[C@@H]1C[C@@H]2CN(N=O)C1. The highest BCUT2D eigenvalue weighted by Gasteiger charge is 2.35. The van der Waals surface area contributed by atoms with Crippen molar-refractivity contribution in [3.05, 3.63) is 51.3 Å². The Morgan fingerprint density at radius 1 is 1.37 bits per heavy atom. The van der Waals surface area contributed by atoms with E-state index in [1.165, 1.54) is 0 Å². The van der Waals surface area contributed by atoms with Gasteiger partial charge in [-0.1, -0.05) is 12.1 Å². The van der Waals surface area contributed by atoms with Crippen LogP contribution in [0, 0.1) is 10.8 Å². The number of pyridine rings is 1. The average molecular weight is 259 g/mol. The molecule has 3 heterocycles. The fourth-order valence-corrected chi connectivity index (χ4v) is 3.34. The third-order valence-electron chi connectivity index (χ3n) is 4.14. The topological polar surface area (TPSA) is 54.7 Å². The molecule has 19 heavy (non-hydrogen) atoms. The van der Waals surface area contributed by atoms with Gasteiger partial charge in [-0.05, 0) is 24.8 Å². The average Bonchev–Trinajstić information content (AvgIpc) is 2.42. The molecule has 0 spiro atoms. The van der Waals surface area contributed by atoms with Gasteiger partial charge in [0.15, 0.2) is 0 Å². The van der Waals surface area contributed by atoms with Crippen LogP contribution in [-0.4, -0.2) is 22.7 Å². The molecule has 2 aliphatic rings. The molecule has 0 saturated carbocycles. The molecule has 3 rings (SSSR count). The molecule has 0 amide bonds. The normalized spacial score (nSPS) is 24.7. The number of nitrogens with zero attached hydrogens (tertiary/aromatic N) is 3. The third-order valence-corrected chi connectivity index (χ3v) is 4.14. The Labute approximate surface area is 111 Å². The quantitative estimate of drug-likeness (QED) is 0.613. The first kappa shape index (κ1) is 12.1. The molecule has 5 nitrogen and oxygen atoms in total. The maximum absolute atomic E-state index is 12.4. The zero-order valence-corrected chi connectivity index (χ0v) is 10.8. The highest BCUT2D eigenvalue weighted by Crippen LogP contribution is 2.35. The Hall–Kier alpha value is -1.91. The molecule has 0 aromatic carbocycles. The van der Waals surface area contributed by atoms with Crippen LogP contribution in [0.1, 0.15) is 23.6 Å². The van der Waals surface area contributed by atoms with Crippen molar-refractivity contribution in [1.29, 1.82) is 0 Å². The molecule has 0 unspecified atom stereocenters. The van der Waals surface area contributed by atoms with Crippen molar-refractivity contribution in [1.82, 2.24) is 9.58 Å². The smallest absolute Gasteiger partial charge is 0.254 e. The van der Waals surface area contributed by atoms with Crippen molar-refractivity contribution >= 4 is 0 Å². The molecular weight excluding hydrogens is 242 g/mol. The van der Waals surface area contributed by atoms with Gasteiger partial charge in [0.05, 0.1) is 5.29 Å². The van der Waals surface area contributed by atoms with Gasteiger partial charge in [-0.15, -0.1) is 11.5 Å². The zero-order chi connectivity index (χ0) is 13.4. The Bertz CT molecular complexity index is 579. The first-order valence-electron chi connectivity index (χ1n) is 6.64. The van der Waals surface area contributed by atoms with Crippen LogP contribution in [-0.2, 0) is 13.0 Å². The predicted molar refractivity (Wildman–Crippen MR) is 72.8 cm³/mol. The summed E-state index contributed by atoms with van der Waals surface area (Å²) in [5.74, 6) is 0.594. The first-order chi connectivity index (χ1) is 9.22. The number of aromatic nitrogens is 1. The molecule has 0 N–H and O–H groups in total. The molecule has 5 heteroatoms. The molecule has 1 aromatic rings. The monoisotopic (exact) mass is 259 g/mol. The molecule has 2 aliphatic heterocycles. The summed E-state index contributed by atoms with van der Waals surface area (Å²) in [6, 6.07) is 3.92. The highest BCUT2D eigenvalue weighted by atomic mass is 16.3. The Morgan fingerprint density at radius 2 is 2.21 bits per heavy atom. The van der Waals surface area contributed by atoms with E-state index >= 15 is 0 Å². The fourth-order valence-electron chi connectivity index (χ4n) is 3.34. The van der Waals surface area contributed by atoms with Gasteiger partial charge in [-0.2, -0.15) is 0 Å². The summed E-state index contributed by atoms with van der Waals surface area (Å²) in [5.41, 5.74) is 1.94. The summed E-state index contributed by atoms with van der Waals surface area (Å²) in [6.07, 6.45) is 3.41. The van der Waals surface area contributed by atoms with Crippen LogP contribution < -0.4 is 5.56 Å². The molecule has 0 radical (unpaired) electrons. The molecule has 100 valence electrons. The molecular formula is C14H17N3O2. The van der Waals surface area contributed by atoms with Gasteiger partial charge in [-0.25, -0.2) is 0 Å². The van der Waals surface area contributed by atoms with E-state index < -0.39 is 0 Å². The van der Waals surface area contributed by atoms with Gasteiger partial charge in [-0.3, -0.25) is 9.80 Å². The predicted octanol–water partition coefficient (Wildman–Crippen LogP) is 1.68. The minimum Gasteiger partial charge on any atom is -0.312 e. The zero-order valence-electron chi connectivity index (χ0n) is 10.8. The number of piperidine rings is 1. The van der Waals surface area contributed by atoms with E-state index in [4.69, 9.17) is 0 Å². The highest BCUT2D eigenvalue weighted by molar-refractivity contribution is 5.23. The second kappa shape index (κ2) is 4.64. The van der Waals surface area contributed by atoms with Crippen molar-refractivity contribution in [2.45, 2.75) is 25.3 Å². The first-order valence-corrected chi connectivity index (χ1v) is 6.64. The van der Waals surface area contributed by atoms with E-state index in [1.54, 1.807) is 11.1 Å². The van der Waals surface area contributed by atoms with Crippen LogP contribution in [0.3, 0.4) is 0 Å². The second-order valence-electron chi connectivity index (χ2n) is 5.44. The van der Waals surface area contributed by atoms with Crippen LogP contribution in [0.5, 0.6) is 0 Å². The van der Waals surface area contributed by atoms with Crippen LogP contribution in [0.2, 0.25) is 0 Å². The molecule has 1 aromatic heterocycles. The van der Waals surface area contributed by atoms with Gasteiger partial charge < -0.3 is 4.57 Å². The van der Waals surface area contributed by atoms with Gasteiger partial charge in [0.25, 0.3) is 5.56 Å². The second-order valence-corrected chi connectivity index (χ2v) is 5.44. The van der Waals surface area contributed by atoms with Gasteiger partial charge >= 0.3 is 0 Å². The summed E-state index contributed by atoms with van der Waals surface area (Å²) >= 11 is 0. The lowest BCUT2D eigenvalue weighted by Crippen LogP contribution is -2.45. The lowest BCUT2D eigenvalue weighted by atomic mass is 9.83. The molecule has 1 fully saturated rings. The van der Waals surface area contributed by atoms with E-state index in [0.717, 1.165) is 17.7 Å². The van der Waals surface area contributed by atoms with E-state index in [0.29, 0.717) is 32.0 Å². The molecule has 1 saturated heterocycles. The van der Waals surface area contributed by atoms with Crippen molar-refractivity contribution in [3.63, 3.8) is 0 Å². The van der Waals surface area contributed by atoms with Crippen LogP contribution >= 0.6 is 0 Å². The minimum absolute atomic E-state index is 0.0969. The summed E-state index contributed by atoms with van der Waals surface area (Å²) < 4.78 is 1.89. The van der Waals surface area contributed by atoms with Gasteiger partial charge in [0, 0.05) is 36.8 Å². The fraction of sp³-hybridized carbons (Fsp3) is 0.500. The van der Waals surface area contributed by atoms with Crippen molar-refractivity contribution in [2.75, 3.05) is 13.1 Å². The number of allylic oxidation sites excluding steroid dienone is 1. The third kappa shape index (κ3) is 1.99. The standard InChI is InChI=1S/C14H17N3O2/c1-2-3-11-4-5-13-12-6-10(7-16(9-12)15-19)8-17(13)14(11)18/h2,4-5,10,12H,1,3,6-9H2/t10-,12-/m1/s1. The Kier molecular flexibility index (Phi) is 2.97. The Morgan fingerprint density at radius 3 is 2.95 bits per heavy atom. The maximum atomic E-state index is 12.4. The largest absolute Gasteiger partial charge is 0.312 e. The number of rotatable bonds is 3. The van der Waals surface area contributed by atoms with E-state index in [1.807, 2.05) is 16.7 Å². The van der Waals surface area contributed by atoms with Gasteiger partial charge in [0.2, 0.25) is 0 Å². The van der Waals surface area contributed by atoms with Gasteiger partial charge in [0.1, 0.15) is 0 Å². The van der Waals surface area contributed by atoms with E-state index in [-0.39, 0.29) is 11.5 Å². The van der Waals surface area contributed by atoms with E-state index in [9.17, 15) is 9.70 Å². The maximum Gasteiger partial charge on any atom is 0.254 e. The summed E-state index contributed by atoms with van der Waals surface area (Å²) in [5, 5.41) is 4.64. The molecule has 2 bridgehead atoms. The molecule has 0 aliphatic carbocycles. The summed E-state index contributed by atoms with van der Waals surface area (Å²) in [4.78, 5) is 23.1. The van der Waals surface area contributed by atoms with Crippen molar-refractivity contribution in [3.8, 4) is 0 Å².